The van der Waals surface area contributed by atoms with Crippen LogP contribution in [-0.4, -0.2) is 20.8 Å². The molecule has 0 atom stereocenters. The van der Waals surface area contributed by atoms with Gasteiger partial charge >= 0.3 is 0 Å². The van der Waals surface area contributed by atoms with Crippen LogP contribution in [0, 0.1) is 0 Å². The first-order chi connectivity index (χ1) is 9.01. The number of aromatic nitrogens is 2. The lowest BCUT2D eigenvalue weighted by Gasteiger charge is -1.94. The molecule has 0 aliphatic heterocycles. The predicted octanol–water partition coefficient (Wildman–Crippen LogP) is 2.33. The van der Waals surface area contributed by atoms with Gasteiger partial charge in [0.15, 0.2) is 0 Å². The second-order valence-corrected chi connectivity index (χ2v) is 4.11. The van der Waals surface area contributed by atoms with Gasteiger partial charge in [-0.1, -0.05) is 19.1 Å². The summed E-state index contributed by atoms with van der Waals surface area (Å²) in [6, 6.07) is 7.31. The van der Waals surface area contributed by atoms with Crippen molar-refractivity contribution in [2.75, 3.05) is 5.32 Å². The minimum absolute atomic E-state index is 0.0759. The molecule has 0 aliphatic rings. The second-order valence-electron chi connectivity index (χ2n) is 4.11. The van der Waals surface area contributed by atoms with Crippen LogP contribution in [-0.2, 0) is 18.3 Å². The third kappa shape index (κ3) is 5.72. The summed E-state index contributed by atoms with van der Waals surface area (Å²) in [5.41, 5.74) is 1.91. The smallest absolute Gasteiger partial charge is 0.221 e. The number of benzene rings is 1. The number of phenolic OH excluding ortho intramolecular Hbond substituents is 1. The number of hydrogen-bond acceptors (Lipinski definition) is 3. The van der Waals surface area contributed by atoms with Crippen molar-refractivity contribution >= 4 is 11.6 Å². The maximum absolute atomic E-state index is 10.5. The van der Waals surface area contributed by atoms with E-state index in [4.69, 9.17) is 5.11 Å². The Morgan fingerprint density at radius 2 is 2.21 bits per heavy atom. The van der Waals surface area contributed by atoms with Crippen molar-refractivity contribution in [3.63, 3.8) is 0 Å². The van der Waals surface area contributed by atoms with Crippen LogP contribution in [0.15, 0.2) is 36.7 Å². The van der Waals surface area contributed by atoms with Crippen LogP contribution >= 0.6 is 0 Å². The van der Waals surface area contributed by atoms with E-state index in [0.29, 0.717) is 5.75 Å². The van der Waals surface area contributed by atoms with Crippen molar-refractivity contribution in [3.8, 4) is 5.75 Å². The number of amides is 1. The van der Waals surface area contributed by atoms with Gasteiger partial charge in [-0.15, -0.1) is 0 Å². The second kappa shape index (κ2) is 7.20. The zero-order chi connectivity index (χ0) is 14.3. The van der Waals surface area contributed by atoms with Crippen molar-refractivity contribution in [3.05, 3.63) is 42.2 Å². The Balaban J connectivity index is 0.000000191. The summed E-state index contributed by atoms with van der Waals surface area (Å²) in [5, 5.41) is 15.4. The molecule has 0 unspecified atom stereocenters. The topological polar surface area (TPSA) is 67.2 Å². The largest absolute Gasteiger partial charge is 0.508 e. The molecule has 2 rings (SSSR count). The molecular weight excluding hydrogens is 242 g/mol. The van der Waals surface area contributed by atoms with E-state index in [0.717, 1.165) is 12.1 Å². The highest BCUT2D eigenvalue weighted by Crippen LogP contribution is 2.10. The molecule has 2 N–H and O–H groups in total. The van der Waals surface area contributed by atoms with Gasteiger partial charge in [0.1, 0.15) is 5.75 Å². The molecular formula is C14H19N3O2. The zero-order valence-corrected chi connectivity index (χ0v) is 11.4. The minimum atomic E-state index is -0.0759. The van der Waals surface area contributed by atoms with Gasteiger partial charge in [0, 0.05) is 20.2 Å². The zero-order valence-electron chi connectivity index (χ0n) is 11.4. The summed E-state index contributed by atoms with van der Waals surface area (Å²) >= 11 is 0. The highest BCUT2D eigenvalue weighted by Gasteiger charge is 1.95. The molecule has 0 fully saturated rings. The van der Waals surface area contributed by atoms with Crippen LogP contribution in [0.25, 0.3) is 0 Å². The molecule has 0 bridgehead atoms. The van der Waals surface area contributed by atoms with E-state index in [1.54, 1.807) is 36.3 Å². The monoisotopic (exact) mass is 261 g/mol. The van der Waals surface area contributed by atoms with Gasteiger partial charge in [0.2, 0.25) is 5.91 Å². The van der Waals surface area contributed by atoms with E-state index in [2.05, 4.69) is 17.3 Å². The molecule has 5 nitrogen and oxygen atoms in total. The molecule has 1 heterocycles. The number of nitrogens with one attached hydrogen (secondary N) is 1. The van der Waals surface area contributed by atoms with Gasteiger partial charge in [0.05, 0.1) is 11.9 Å². The fourth-order valence-electron chi connectivity index (χ4n) is 1.47. The maximum Gasteiger partial charge on any atom is 0.221 e. The van der Waals surface area contributed by atoms with E-state index < -0.39 is 0 Å². The van der Waals surface area contributed by atoms with E-state index in [1.807, 2.05) is 12.1 Å². The highest BCUT2D eigenvalue weighted by atomic mass is 16.3. The highest BCUT2D eigenvalue weighted by molar-refractivity contribution is 5.88. The Labute approximate surface area is 112 Å². The number of carbonyl (C=O) groups is 1. The van der Waals surface area contributed by atoms with Crippen molar-refractivity contribution < 1.29 is 9.90 Å². The third-order valence-electron chi connectivity index (χ3n) is 2.34. The summed E-state index contributed by atoms with van der Waals surface area (Å²) in [5.74, 6) is 0.280. The number of rotatable bonds is 2. The lowest BCUT2D eigenvalue weighted by atomic mass is 10.2. The van der Waals surface area contributed by atoms with Crippen LogP contribution in [0.5, 0.6) is 5.75 Å². The first kappa shape index (κ1) is 14.8. The van der Waals surface area contributed by atoms with Crippen molar-refractivity contribution in [1.82, 2.24) is 9.78 Å². The average molecular weight is 261 g/mol. The summed E-state index contributed by atoms with van der Waals surface area (Å²) in [6.45, 7) is 3.53. The fourth-order valence-corrected chi connectivity index (χ4v) is 1.47. The molecule has 0 aliphatic carbocycles. The Morgan fingerprint density at radius 1 is 1.47 bits per heavy atom. The number of hydrogen-bond donors (Lipinski definition) is 2. The number of phenols is 1. The lowest BCUT2D eigenvalue weighted by Crippen LogP contribution is -2.04. The molecule has 0 spiro atoms. The molecule has 2 aromatic rings. The number of nitrogens with zero attached hydrogens (tertiary/aromatic N) is 2. The normalized spacial score (nSPS) is 9.42. The van der Waals surface area contributed by atoms with Crippen molar-refractivity contribution in [2.45, 2.75) is 20.3 Å². The summed E-state index contributed by atoms with van der Waals surface area (Å²) in [7, 11) is 1.80. The van der Waals surface area contributed by atoms with E-state index in [-0.39, 0.29) is 5.91 Å². The van der Waals surface area contributed by atoms with Gasteiger partial charge in [-0.05, 0) is 24.1 Å². The molecule has 0 saturated heterocycles. The SMILES string of the molecule is CC(=O)Nc1cnn(C)c1.CCc1cccc(O)c1. The van der Waals surface area contributed by atoms with Gasteiger partial charge in [-0.3, -0.25) is 9.48 Å². The molecule has 1 amide bonds. The molecule has 0 saturated carbocycles. The van der Waals surface area contributed by atoms with Crippen LogP contribution in [0.4, 0.5) is 5.69 Å². The van der Waals surface area contributed by atoms with Crippen LogP contribution < -0.4 is 5.32 Å². The molecule has 1 aromatic carbocycles. The van der Waals surface area contributed by atoms with Crippen molar-refractivity contribution in [1.29, 1.82) is 0 Å². The maximum atomic E-state index is 10.5. The molecule has 102 valence electrons. The fraction of sp³-hybridized carbons (Fsp3) is 0.286. The van der Waals surface area contributed by atoms with Crippen LogP contribution in [0.3, 0.4) is 0 Å². The predicted molar refractivity (Wildman–Crippen MR) is 75.0 cm³/mol. The average Bonchev–Trinajstić information content (AvgIpc) is 2.74. The first-order valence-corrected chi connectivity index (χ1v) is 6.05. The van der Waals surface area contributed by atoms with Crippen LogP contribution in [0.1, 0.15) is 19.4 Å². The standard InChI is InChI=1S/C8H10O.C6H9N3O/c1-2-7-4-3-5-8(9)6-7;1-5(10)8-6-3-7-9(2)4-6/h3-6,9H,2H2,1H3;3-4H,1-2H3,(H,8,10). The molecule has 5 heteroatoms. The van der Waals surface area contributed by atoms with Crippen LogP contribution in [0.2, 0.25) is 0 Å². The Bertz CT molecular complexity index is 535. The van der Waals surface area contributed by atoms with Gasteiger partial charge in [-0.25, -0.2) is 0 Å². The lowest BCUT2D eigenvalue weighted by molar-refractivity contribution is -0.114. The number of carbonyl (C=O) groups excluding carboxylic acids is 1. The van der Waals surface area contributed by atoms with Gasteiger partial charge < -0.3 is 10.4 Å². The molecule has 0 radical (unpaired) electrons. The van der Waals surface area contributed by atoms with Gasteiger partial charge in [-0.2, -0.15) is 5.10 Å². The third-order valence-corrected chi connectivity index (χ3v) is 2.34. The van der Waals surface area contributed by atoms with E-state index >= 15 is 0 Å². The molecule has 1 aromatic heterocycles. The number of aryl methyl sites for hydroxylation is 2. The minimum Gasteiger partial charge on any atom is -0.508 e. The van der Waals surface area contributed by atoms with E-state index in [9.17, 15) is 4.79 Å². The Morgan fingerprint density at radius 3 is 2.63 bits per heavy atom. The Hall–Kier alpha value is -2.30. The Kier molecular flexibility index (Phi) is 5.60. The first-order valence-electron chi connectivity index (χ1n) is 6.05. The number of anilines is 1. The van der Waals surface area contributed by atoms with E-state index in [1.165, 1.54) is 12.5 Å². The quantitative estimate of drug-likeness (QED) is 0.872. The van der Waals surface area contributed by atoms with Crippen molar-refractivity contribution in [2.24, 2.45) is 7.05 Å². The van der Waals surface area contributed by atoms with Gasteiger partial charge in [0.25, 0.3) is 0 Å². The summed E-state index contributed by atoms with van der Waals surface area (Å²) < 4.78 is 1.63. The number of aromatic hydroxyl groups is 1. The summed E-state index contributed by atoms with van der Waals surface area (Å²) in [6.07, 6.45) is 4.32. The summed E-state index contributed by atoms with van der Waals surface area (Å²) in [4.78, 5) is 10.5. The molecule has 19 heavy (non-hydrogen) atoms.